The Morgan fingerprint density at radius 1 is 1.28 bits per heavy atom. The van der Waals surface area contributed by atoms with E-state index in [1.165, 1.54) is 16.8 Å². The fourth-order valence-electron chi connectivity index (χ4n) is 5.07. The Morgan fingerprint density at radius 3 is 2.92 bits per heavy atom. The number of thioether (sulfide) groups is 1. The van der Waals surface area contributed by atoms with Gasteiger partial charge in [-0.15, -0.1) is 11.8 Å². The number of anilines is 1. The summed E-state index contributed by atoms with van der Waals surface area (Å²) >= 11 is 3.53. The summed E-state index contributed by atoms with van der Waals surface area (Å²) < 4.78 is 7.98. The fraction of sp³-hybridized carbons (Fsp3) is 0.385. The molecule has 2 aliphatic rings. The molecule has 186 valence electrons. The zero-order valence-corrected chi connectivity index (χ0v) is 21.8. The van der Waals surface area contributed by atoms with Crippen molar-refractivity contribution in [2.75, 3.05) is 24.6 Å². The van der Waals surface area contributed by atoms with E-state index in [2.05, 4.69) is 26.7 Å². The third-order valence-electron chi connectivity index (χ3n) is 7.13. The number of rotatable bonds is 6. The van der Waals surface area contributed by atoms with E-state index < -0.39 is 0 Å². The van der Waals surface area contributed by atoms with Gasteiger partial charge in [0.25, 0.3) is 0 Å². The van der Waals surface area contributed by atoms with Crippen LogP contribution in [-0.4, -0.2) is 49.2 Å². The van der Waals surface area contributed by atoms with Crippen molar-refractivity contribution in [3.05, 3.63) is 42.4 Å². The molecule has 6 rings (SSSR count). The molecule has 3 aromatic heterocycles. The number of aryl methyl sites for hydroxylation is 2. The Labute approximate surface area is 218 Å². The molecule has 10 heteroatoms. The van der Waals surface area contributed by atoms with Crippen LogP contribution in [0.4, 0.5) is 5.82 Å². The first kappa shape index (κ1) is 23.4. The summed E-state index contributed by atoms with van der Waals surface area (Å²) in [7, 11) is 0. The summed E-state index contributed by atoms with van der Waals surface area (Å²) in [5.74, 6) is 3.08. The van der Waals surface area contributed by atoms with Crippen LogP contribution in [0.15, 0.2) is 56.2 Å². The number of fused-ring (bicyclic) bond motifs is 2. The van der Waals surface area contributed by atoms with Crippen LogP contribution in [0.1, 0.15) is 31.7 Å². The minimum Gasteiger partial charge on any atom is -0.464 e. The van der Waals surface area contributed by atoms with Crippen molar-refractivity contribution in [1.82, 2.24) is 24.4 Å². The van der Waals surface area contributed by atoms with Crippen LogP contribution < -0.4 is 5.73 Å². The van der Waals surface area contributed by atoms with Crippen LogP contribution in [0.2, 0.25) is 0 Å². The maximum absolute atomic E-state index is 11.7. The summed E-state index contributed by atoms with van der Waals surface area (Å²) in [6, 6.07) is 8.46. The average Bonchev–Trinajstić information content (AvgIpc) is 3.63. The number of aromatic nitrogens is 4. The van der Waals surface area contributed by atoms with E-state index >= 15 is 0 Å². The number of benzene rings is 1. The molecule has 0 aliphatic carbocycles. The number of nitrogen functional groups attached to an aromatic ring is 1. The molecule has 1 amide bonds. The van der Waals surface area contributed by atoms with Gasteiger partial charge in [0.05, 0.1) is 6.26 Å². The predicted octanol–water partition coefficient (Wildman–Crippen LogP) is 5.12. The minimum absolute atomic E-state index is 0.167. The third kappa shape index (κ3) is 4.48. The smallest absolute Gasteiger partial charge is 0.219 e. The standard InChI is InChI=1S/C26H28N6O2S2/c1-16(33)31-8-4-17(5-9-31)6-10-32-25-23(24(27)28-15-29-25)30-26(32)36-22-13-18-7-12-35-21(18)14-19(22)20-3-2-11-34-20/h2-3,11,13-15,17H,4-10,12H2,1H3,(H2,27,28,29). The average molecular weight is 521 g/mol. The second-order valence-corrected chi connectivity index (χ2v) is 11.5. The second kappa shape index (κ2) is 9.82. The third-order valence-corrected chi connectivity index (χ3v) is 9.28. The van der Waals surface area contributed by atoms with Gasteiger partial charge in [-0.05, 0) is 61.4 Å². The van der Waals surface area contributed by atoms with Crippen molar-refractivity contribution >= 4 is 46.4 Å². The molecular weight excluding hydrogens is 492 g/mol. The first-order chi connectivity index (χ1) is 17.6. The summed E-state index contributed by atoms with van der Waals surface area (Å²) in [5.41, 5.74) is 10.1. The van der Waals surface area contributed by atoms with Crippen molar-refractivity contribution in [2.24, 2.45) is 5.92 Å². The van der Waals surface area contributed by atoms with Crippen molar-refractivity contribution in [2.45, 2.75) is 54.1 Å². The van der Waals surface area contributed by atoms with Crippen molar-refractivity contribution in [1.29, 1.82) is 0 Å². The number of amides is 1. The lowest BCUT2D eigenvalue weighted by Crippen LogP contribution is -2.37. The van der Waals surface area contributed by atoms with Crippen molar-refractivity contribution < 1.29 is 9.21 Å². The van der Waals surface area contributed by atoms with Gasteiger partial charge in [0.2, 0.25) is 5.91 Å². The number of piperidine rings is 1. The lowest BCUT2D eigenvalue weighted by Gasteiger charge is -2.31. The van der Waals surface area contributed by atoms with Gasteiger partial charge in [-0.3, -0.25) is 4.79 Å². The predicted molar refractivity (Wildman–Crippen MR) is 142 cm³/mol. The number of imidazole rings is 1. The normalized spacial score (nSPS) is 16.1. The maximum atomic E-state index is 11.7. The highest BCUT2D eigenvalue weighted by atomic mass is 32.2. The highest BCUT2D eigenvalue weighted by Crippen LogP contribution is 2.43. The summed E-state index contributed by atoms with van der Waals surface area (Å²) in [6.45, 7) is 4.11. The van der Waals surface area contributed by atoms with Gasteiger partial charge in [0.1, 0.15) is 12.1 Å². The van der Waals surface area contributed by atoms with Gasteiger partial charge in [-0.2, -0.15) is 0 Å². The quantitative estimate of drug-likeness (QED) is 0.374. The van der Waals surface area contributed by atoms with E-state index in [4.69, 9.17) is 15.1 Å². The maximum Gasteiger partial charge on any atom is 0.219 e. The zero-order valence-electron chi connectivity index (χ0n) is 20.1. The Kier molecular flexibility index (Phi) is 6.39. The lowest BCUT2D eigenvalue weighted by molar-refractivity contribution is -0.130. The number of carbonyl (C=O) groups excluding carboxylic acids is 1. The molecule has 5 heterocycles. The van der Waals surface area contributed by atoms with Gasteiger partial charge >= 0.3 is 0 Å². The number of likely N-dealkylation sites (tertiary alicyclic amines) is 1. The van der Waals surface area contributed by atoms with E-state index in [0.717, 1.165) is 78.1 Å². The number of carbonyl (C=O) groups is 1. The molecule has 0 radical (unpaired) electrons. The van der Waals surface area contributed by atoms with Gasteiger partial charge < -0.3 is 19.6 Å². The summed E-state index contributed by atoms with van der Waals surface area (Å²) in [5, 5.41) is 0.858. The molecule has 1 aromatic carbocycles. The molecule has 0 saturated carbocycles. The Balaban J connectivity index is 1.33. The molecule has 0 atom stereocenters. The van der Waals surface area contributed by atoms with Gasteiger partial charge in [-0.25, -0.2) is 15.0 Å². The van der Waals surface area contributed by atoms with Crippen LogP contribution in [0.5, 0.6) is 0 Å². The summed E-state index contributed by atoms with van der Waals surface area (Å²) in [4.78, 5) is 29.7. The van der Waals surface area contributed by atoms with Crippen molar-refractivity contribution in [3.63, 3.8) is 0 Å². The Morgan fingerprint density at radius 2 is 2.14 bits per heavy atom. The van der Waals surface area contributed by atoms with Gasteiger partial charge in [0, 0.05) is 47.7 Å². The Bertz CT molecular complexity index is 1410. The molecule has 0 bridgehead atoms. The molecule has 36 heavy (non-hydrogen) atoms. The van der Waals surface area contributed by atoms with Crippen LogP contribution in [0.3, 0.4) is 0 Å². The van der Waals surface area contributed by atoms with E-state index in [9.17, 15) is 4.79 Å². The van der Waals surface area contributed by atoms with Crippen LogP contribution in [0, 0.1) is 5.92 Å². The number of nitrogens with zero attached hydrogens (tertiary/aromatic N) is 5. The molecule has 0 unspecified atom stereocenters. The van der Waals surface area contributed by atoms with Gasteiger partial charge in [-0.1, -0.05) is 11.8 Å². The Hall–Kier alpha value is -2.98. The molecular formula is C26H28N6O2S2. The molecule has 1 saturated heterocycles. The van der Waals surface area contributed by atoms with Crippen LogP contribution >= 0.6 is 23.5 Å². The van der Waals surface area contributed by atoms with E-state index in [-0.39, 0.29) is 5.91 Å². The highest BCUT2D eigenvalue weighted by Gasteiger charge is 2.24. The SMILES string of the molecule is CC(=O)N1CCC(CCn2c(Sc3cc4c(cc3-c3ccco3)SCC4)nc3c(N)ncnc32)CC1. The number of hydrogen-bond acceptors (Lipinski definition) is 8. The molecule has 1 fully saturated rings. The lowest BCUT2D eigenvalue weighted by atomic mass is 9.93. The van der Waals surface area contributed by atoms with Crippen LogP contribution in [0.25, 0.3) is 22.5 Å². The highest BCUT2D eigenvalue weighted by molar-refractivity contribution is 8.00. The van der Waals surface area contributed by atoms with Crippen molar-refractivity contribution in [3.8, 4) is 11.3 Å². The number of nitrogens with two attached hydrogens (primary N) is 1. The molecule has 4 aromatic rings. The largest absolute Gasteiger partial charge is 0.464 e. The molecule has 0 spiro atoms. The molecule has 2 N–H and O–H groups in total. The first-order valence-corrected chi connectivity index (χ1v) is 14.1. The number of hydrogen-bond donors (Lipinski definition) is 1. The molecule has 2 aliphatic heterocycles. The first-order valence-electron chi connectivity index (χ1n) is 12.3. The minimum atomic E-state index is 0.167. The summed E-state index contributed by atoms with van der Waals surface area (Å²) in [6.07, 6.45) is 7.35. The topological polar surface area (TPSA) is 103 Å². The van der Waals surface area contributed by atoms with E-state index in [0.29, 0.717) is 17.3 Å². The monoisotopic (exact) mass is 520 g/mol. The van der Waals surface area contributed by atoms with Crippen LogP contribution in [-0.2, 0) is 17.8 Å². The molecule has 8 nitrogen and oxygen atoms in total. The fourth-order valence-corrected chi connectivity index (χ4v) is 7.25. The zero-order chi connectivity index (χ0) is 24.6. The van der Waals surface area contributed by atoms with E-state index in [1.807, 2.05) is 28.8 Å². The van der Waals surface area contributed by atoms with Gasteiger partial charge in [0.15, 0.2) is 22.1 Å². The second-order valence-electron chi connectivity index (χ2n) is 9.35. The van der Waals surface area contributed by atoms with E-state index in [1.54, 1.807) is 24.9 Å². The number of furan rings is 1.